The minimum absolute atomic E-state index is 0.120. The zero-order valence-corrected chi connectivity index (χ0v) is 11.0. The van der Waals surface area contributed by atoms with Crippen molar-refractivity contribution >= 4 is 23.5 Å². The van der Waals surface area contributed by atoms with Gasteiger partial charge in [-0.05, 0) is 19.3 Å². The van der Waals surface area contributed by atoms with Gasteiger partial charge in [0.1, 0.15) is 16.7 Å². The molecule has 0 aliphatic carbocycles. The number of nitrogens with two attached hydrogens (primary N) is 1. The van der Waals surface area contributed by atoms with Gasteiger partial charge in [-0.3, -0.25) is 4.79 Å². The normalized spacial score (nSPS) is 18.1. The van der Waals surface area contributed by atoms with Gasteiger partial charge in [0.05, 0.1) is 6.42 Å². The first kappa shape index (κ1) is 11.8. The summed E-state index contributed by atoms with van der Waals surface area (Å²) < 4.78 is 0. The van der Waals surface area contributed by atoms with Crippen molar-refractivity contribution in [3.05, 3.63) is 11.4 Å². The summed E-state index contributed by atoms with van der Waals surface area (Å²) in [6, 6.07) is 0. The summed E-state index contributed by atoms with van der Waals surface area (Å²) in [6.45, 7) is 1.74. The van der Waals surface area contributed by atoms with Crippen LogP contribution in [0.3, 0.4) is 0 Å². The van der Waals surface area contributed by atoms with Crippen LogP contribution in [-0.4, -0.2) is 39.6 Å². The summed E-state index contributed by atoms with van der Waals surface area (Å²) in [5.41, 5.74) is 6.97. The number of thioether (sulfide) groups is 1. The second kappa shape index (κ2) is 4.76. The number of amides is 1. The van der Waals surface area contributed by atoms with Crippen LogP contribution in [-0.2, 0) is 17.6 Å². The largest absolute Gasteiger partial charge is 0.383 e. The van der Waals surface area contributed by atoms with Gasteiger partial charge in [0.15, 0.2) is 0 Å². The Labute approximate surface area is 110 Å². The van der Waals surface area contributed by atoms with Crippen LogP contribution < -0.4 is 5.73 Å². The summed E-state index contributed by atoms with van der Waals surface area (Å²) in [5.74, 6) is 2.25. The van der Waals surface area contributed by atoms with Crippen LogP contribution in [0.15, 0.2) is 5.03 Å². The Hall–Kier alpha value is -1.30. The van der Waals surface area contributed by atoms with Gasteiger partial charge in [-0.25, -0.2) is 9.97 Å². The maximum Gasteiger partial charge on any atom is 0.230 e. The number of fused-ring (bicyclic) bond motifs is 1. The fourth-order valence-corrected chi connectivity index (χ4v) is 3.47. The summed E-state index contributed by atoms with van der Waals surface area (Å²) >= 11 is 1.70. The van der Waals surface area contributed by atoms with Crippen molar-refractivity contribution in [2.75, 3.05) is 24.6 Å². The number of carbonyl (C=O) groups is 1. The van der Waals surface area contributed by atoms with E-state index in [-0.39, 0.29) is 12.3 Å². The van der Waals surface area contributed by atoms with Gasteiger partial charge in [-0.2, -0.15) is 0 Å². The molecule has 3 heterocycles. The Bertz CT molecular complexity index is 485. The van der Waals surface area contributed by atoms with Crippen molar-refractivity contribution in [3.8, 4) is 0 Å². The molecule has 18 heavy (non-hydrogen) atoms. The zero-order chi connectivity index (χ0) is 12.5. The van der Waals surface area contributed by atoms with Gasteiger partial charge >= 0.3 is 0 Å². The summed E-state index contributed by atoms with van der Waals surface area (Å²) in [7, 11) is 0. The lowest BCUT2D eigenvalue weighted by atomic mass is 10.2. The second-order valence-corrected chi connectivity index (χ2v) is 5.76. The third-order valence-corrected chi connectivity index (χ3v) is 4.43. The maximum atomic E-state index is 12.0. The number of hydrogen-bond donors (Lipinski definition) is 1. The van der Waals surface area contributed by atoms with E-state index < -0.39 is 0 Å². The zero-order valence-electron chi connectivity index (χ0n) is 10.2. The SMILES string of the molecule is Nc1nc(CC(=O)N2CCCC2)nc2c1CCS2. The standard InChI is InChI=1S/C12H16N4OS/c13-11-8-3-6-18-12(8)15-9(14-11)7-10(17)16-4-1-2-5-16/h1-7H2,(H2,13,14,15). The highest BCUT2D eigenvalue weighted by Crippen LogP contribution is 2.32. The van der Waals surface area contributed by atoms with E-state index in [1.165, 1.54) is 0 Å². The monoisotopic (exact) mass is 264 g/mol. The molecule has 1 saturated heterocycles. The molecule has 0 atom stereocenters. The molecular weight excluding hydrogens is 248 g/mol. The highest BCUT2D eigenvalue weighted by Gasteiger charge is 2.22. The molecule has 1 aromatic heterocycles. The van der Waals surface area contributed by atoms with Gasteiger partial charge < -0.3 is 10.6 Å². The number of carbonyl (C=O) groups excluding carboxylic acids is 1. The van der Waals surface area contributed by atoms with Crippen LogP contribution in [0, 0.1) is 0 Å². The lowest BCUT2D eigenvalue weighted by Gasteiger charge is -2.14. The van der Waals surface area contributed by atoms with E-state index in [0.717, 1.165) is 48.7 Å². The molecule has 3 rings (SSSR count). The Morgan fingerprint density at radius 3 is 2.89 bits per heavy atom. The van der Waals surface area contributed by atoms with Crippen molar-refractivity contribution in [3.63, 3.8) is 0 Å². The molecule has 0 bridgehead atoms. The predicted molar refractivity (Wildman–Crippen MR) is 70.4 cm³/mol. The lowest BCUT2D eigenvalue weighted by Crippen LogP contribution is -2.29. The van der Waals surface area contributed by atoms with Crippen molar-refractivity contribution in [2.24, 2.45) is 0 Å². The van der Waals surface area contributed by atoms with E-state index >= 15 is 0 Å². The van der Waals surface area contributed by atoms with E-state index in [0.29, 0.717) is 11.6 Å². The molecule has 5 nitrogen and oxygen atoms in total. The molecule has 0 spiro atoms. The van der Waals surface area contributed by atoms with Crippen molar-refractivity contribution < 1.29 is 4.79 Å². The Kier molecular flexibility index (Phi) is 3.11. The average molecular weight is 264 g/mol. The molecule has 96 valence electrons. The average Bonchev–Trinajstić information content (AvgIpc) is 2.99. The van der Waals surface area contributed by atoms with Crippen LogP contribution in [0.25, 0.3) is 0 Å². The first-order valence-electron chi connectivity index (χ1n) is 6.30. The molecule has 0 saturated carbocycles. The van der Waals surface area contributed by atoms with Crippen LogP contribution in [0.4, 0.5) is 5.82 Å². The first-order valence-corrected chi connectivity index (χ1v) is 7.28. The molecule has 6 heteroatoms. The molecular formula is C12H16N4OS. The minimum atomic E-state index is 0.120. The minimum Gasteiger partial charge on any atom is -0.383 e. The highest BCUT2D eigenvalue weighted by molar-refractivity contribution is 7.99. The molecule has 0 unspecified atom stereocenters. The summed E-state index contributed by atoms with van der Waals surface area (Å²) in [4.78, 5) is 22.6. The molecule has 1 fully saturated rings. The quantitative estimate of drug-likeness (QED) is 0.803. The van der Waals surface area contributed by atoms with Gasteiger partial charge in [0.25, 0.3) is 0 Å². The Morgan fingerprint density at radius 2 is 2.11 bits per heavy atom. The number of nitrogen functional groups attached to an aromatic ring is 1. The van der Waals surface area contributed by atoms with E-state index in [9.17, 15) is 4.79 Å². The number of aromatic nitrogens is 2. The molecule has 2 aliphatic heterocycles. The van der Waals surface area contributed by atoms with E-state index in [4.69, 9.17) is 5.73 Å². The summed E-state index contributed by atoms with van der Waals surface area (Å²) in [5, 5.41) is 0.965. The van der Waals surface area contributed by atoms with Crippen LogP contribution in [0.2, 0.25) is 0 Å². The molecule has 2 N–H and O–H groups in total. The number of hydrogen-bond acceptors (Lipinski definition) is 5. The lowest BCUT2D eigenvalue weighted by molar-refractivity contribution is -0.129. The smallest absolute Gasteiger partial charge is 0.230 e. The van der Waals surface area contributed by atoms with Crippen LogP contribution in [0.1, 0.15) is 24.2 Å². The van der Waals surface area contributed by atoms with Crippen LogP contribution in [0.5, 0.6) is 0 Å². The number of rotatable bonds is 2. The number of anilines is 1. The van der Waals surface area contributed by atoms with Gasteiger partial charge in [-0.1, -0.05) is 0 Å². The van der Waals surface area contributed by atoms with Crippen molar-refractivity contribution in [1.82, 2.24) is 14.9 Å². The predicted octanol–water partition coefficient (Wildman–Crippen LogP) is 0.872. The van der Waals surface area contributed by atoms with Crippen molar-refractivity contribution in [1.29, 1.82) is 0 Å². The third-order valence-electron chi connectivity index (χ3n) is 3.41. The molecule has 0 radical (unpaired) electrons. The maximum absolute atomic E-state index is 12.0. The van der Waals surface area contributed by atoms with Gasteiger partial charge in [-0.15, -0.1) is 11.8 Å². The Morgan fingerprint density at radius 1 is 1.33 bits per heavy atom. The highest BCUT2D eigenvalue weighted by atomic mass is 32.2. The topological polar surface area (TPSA) is 72.1 Å². The molecule has 0 aromatic carbocycles. The fraction of sp³-hybridized carbons (Fsp3) is 0.583. The number of nitrogens with zero attached hydrogens (tertiary/aromatic N) is 3. The molecule has 2 aliphatic rings. The fourth-order valence-electron chi connectivity index (χ4n) is 2.42. The molecule has 1 aromatic rings. The van der Waals surface area contributed by atoms with E-state index in [1.54, 1.807) is 11.8 Å². The van der Waals surface area contributed by atoms with Gasteiger partial charge in [0.2, 0.25) is 5.91 Å². The van der Waals surface area contributed by atoms with Crippen molar-refractivity contribution in [2.45, 2.75) is 30.7 Å². The second-order valence-electron chi connectivity index (χ2n) is 4.67. The third kappa shape index (κ3) is 2.16. The Balaban J connectivity index is 1.76. The summed E-state index contributed by atoms with van der Waals surface area (Å²) in [6.07, 6.45) is 3.42. The van der Waals surface area contributed by atoms with Crippen LogP contribution >= 0.6 is 11.8 Å². The van der Waals surface area contributed by atoms with E-state index in [2.05, 4.69) is 9.97 Å². The van der Waals surface area contributed by atoms with Gasteiger partial charge in [0, 0.05) is 24.4 Å². The molecule has 1 amide bonds. The van der Waals surface area contributed by atoms with E-state index in [1.807, 2.05) is 4.90 Å². The number of likely N-dealkylation sites (tertiary alicyclic amines) is 1. The first-order chi connectivity index (χ1) is 8.74.